The summed E-state index contributed by atoms with van der Waals surface area (Å²) in [7, 11) is 2.02. The van der Waals surface area contributed by atoms with Gasteiger partial charge < -0.3 is 5.32 Å². The predicted octanol–water partition coefficient (Wildman–Crippen LogP) is 3.06. The Kier molecular flexibility index (Phi) is 12.3. The molecule has 0 saturated heterocycles. The van der Waals surface area contributed by atoms with E-state index in [1.165, 1.54) is 12.8 Å². The third kappa shape index (κ3) is 9.96. The Morgan fingerprint density at radius 3 is 1.91 bits per heavy atom. The first-order valence-corrected chi connectivity index (χ1v) is 4.88. The second-order valence-corrected chi connectivity index (χ2v) is 2.94. The molecule has 0 rings (SSSR count). The number of hydrogen-bond donors (Lipinski definition) is 1. The van der Waals surface area contributed by atoms with Crippen LogP contribution in [0.1, 0.15) is 47.5 Å². The van der Waals surface area contributed by atoms with E-state index in [2.05, 4.69) is 26.1 Å². The number of rotatable bonds is 4. The molecular formula is C10H25N. The van der Waals surface area contributed by atoms with E-state index in [9.17, 15) is 0 Å². The van der Waals surface area contributed by atoms with Gasteiger partial charge in [0.05, 0.1) is 0 Å². The molecule has 0 saturated carbocycles. The summed E-state index contributed by atoms with van der Waals surface area (Å²) in [6, 6.07) is 0.681. The summed E-state index contributed by atoms with van der Waals surface area (Å²) in [5, 5.41) is 3.23. The highest BCUT2D eigenvalue weighted by molar-refractivity contribution is 4.60. The van der Waals surface area contributed by atoms with E-state index in [1.807, 2.05) is 20.9 Å². The van der Waals surface area contributed by atoms with E-state index in [4.69, 9.17) is 0 Å². The van der Waals surface area contributed by atoms with E-state index in [0.717, 1.165) is 5.92 Å². The van der Waals surface area contributed by atoms with Gasteiger partial charge in [-0.1, -0.05) is 34.1 Å². The fraction of sp³-hybridized carbons (Fsp3) is 1.00. The summed E-state index contributed by atoms with van der Waals surface area (Å²) in [6.45, 7) is 10.8. The first-order chi connectivity index (χ1) is 5.20. The molecule has 11 heavy (non-hydrogen) atoms. The molecule has 0 heterocycles. The lowest BCUT2D eigenvalue weighted by atomic mass is 10.0. The van der Waals surface area contributed by atoms with Crippen LogP contribution in [0.2, 0.25) is 0 Å². The maximum atomic E-state index is 3.23. The molecule has 0 aromatic rings. The van der Waals surface area contributed by atoms with Crippen LogP contribution >= 0.6 is 0 Å². The van der Waals surface area contributed by atoms with Crippen molar-refractivity contribution in [3.05, 3.63) is 0 Å². The van der Waals surface area contributed by atoms with E-state index in [1.54, 1.807) is 0 Å². The van der Waals surface area contributed by atoms with Crippen molar-refractivity contribution in [1.82, 2.24) is 5.32 Å². The van der Waals surface area contributed by atoms with Gasteiger partial charge in [-0.15, -0.1) is 0 Å². The lowest BCUT2D eigenvalue weighted by Crippen LogP contribution is -2.23. The molecule has 0 fully saturated rings. The molecule has 0 aromatic carbocycles. The van der Waals surface area contributed by atoms with Crippen molar-refractivity contribution in [2.24, 2.45) is 5.92 Å². The molecular weight excluding hydrogens is 134 g/mol. The average molecular weight is 159 g/mol. The highest BCUT2D eigenvalue weighted by atomic mass is 14.8. The van der Waals surface area contributed by atoms with E-state index in [0.29, 0.717) is 6.04 Å². The molecule has 0 radical (unpaired) electrons. The predicted molar refractivity (Wildman–Crippen MR) is 53.9 cm³/mol. The quantitative estimate of drug-likeness (QED) is 0.665. The Balaban J connectivity index is 0. The van der Waals surface area contributed by atoms with Crippen molar-refractivity contribution < 1.29 is 0 Å². The van der Waals surface area contributed by atoms with Gasteiger partial charge in [-0.2, -0.15) is 0 Å². The molecule has 0 aliphatic rings. The van der Waals surface area contributed by atoms with E-state index < -0.39 is 0 Å². The minimum atomic E-state index is 0.681. The van der Waals surface area contributed by atoms with Gasteiger partial charge in [0.2, 0.25) is 0 Å². The Morgan fingerprint density at radius 2 is 1.64 bits per heavy atom. The molecule has 1 nitrogen and oxygen atoms in total. The molecule has 1 N–H and O–H groups in total. The number of hydrogen-bond acceptors (Lipinski definition) is 1. The molecule has 70 valence electrons. The molecule has 2 unspecified atom stereocenters. The SMILES string of the molecule is CC.CCC(C)CC(C)NC. The normalized spacial score (nSPS) is 14.7. The number of nitrogens with one attached hydrogen (secondary N) is 1. The first-order valence-electron chi connectivity index (χ1n) is 4.88. The van der Waals surface area contributed by atoms with Crippen molar-refractivity contribution >= 4 is 0 Å². The zero-order valence-corrected chi connectivity index (χ0v) is 9.07. The van der Waals surface area contributed by atoms with E-state index in [-0.39, 0.29) is 0 Å². The van der Waals surface area contributed by atoms with Gasteiger partial charge in [-0.25, -0.2) is 0 Å². The van der Waals surface area contributed by atoms with Gasteiger partial charge in [-0.05, 0) is 26.3 Å². The van der Waals surface area contributed by atoms with Crippen LogP contribution in [0.5, 0.6) is 0 Å². The van der Waals surface area contributed by atoms with Crippen LogP contribution in [0.3, 0.4) is 0 Å². The largest absolute Gasteiger partial charge is 0.317 e. The zero-order valence-electron chi connectivity index (χ0n) is 9.07. The summed E-state index contributed by atoms with van der Waals surface area (Å²) in [5.41, 5.74) is 0. The van der Waals surface area contributed by atoms with Gasteiger partial charge in [-0.3, -0.25) is 0 Å². The fourth-order valence-electron chi connectivity index (χ4n) is 0.888. The minimum absolute atomic E-state index is 0.681. The standard InChI is InChI=1S/C8H19N.C2H6/c1-5-7(2)6-8(3)9-4;1-2/h7-9H,5-6H2,1-4H3;1-2H3. The topological polar surface area (TPSA) is 12.0 Å². The smallest absolute Gasteiger partial charge is 0.00382 e. The average Bonchev–Trinajstić information content (AvgIpc) is 2.07. The minimum Gasteiger partial charge on any atom is -0.317 e. The highest BCUT2D eigenvalue weighted by Crippen LogP contribution is 2.08. The Morgan fingerprint density at radius 1 is 1.18 bits per heavy atom. The van der Waals surface area contributed by atoms with Crippen molar-refractivity contribution in [1.29, 1.82) is 0 Å². The van der Waals surface area contributed by atoms with Crippen LogP contribution in [0, 0.1) is 5.92 Å². The molecule has 1 heteroatoms. The van der Waals surface area contributed by atoms with Crippen LogP contribution < -0.4 is 5.32 Å². The maximum absolute atomic E-state index is 3.23. The zero-order chi connectivity index (χ0) is 9.28. The molecule has 2 atom stereocenters. The summed E-state index contributed by atoms with van der Waals surface area (Å²) >= 11 is 0. The Hall–Kier alpha value is -0.0400. The lowest BCUT2D eigenvalue weighted by molar-refractivity contribution is 0.432. The van der Waals surface area contributed by atoms with Crippen LogP contribution in [0.15, 0.2) is 0 Å². The molecule has 0 aliphatic heterocycles. The van der Waals surface area contributed by atoms with Gasteiger partial charge in [0.25, 0.3) is 0 Å². The Bertz CT molecular complexity index is 53.9. The van der Waals surface area contributed by atoms with Gasteiger partial charge in [0.1, 0.15) is 0 Å². The molecule has 0 amide bonds. The summed E-state index contributed by atoms with van der Waals surface area (Å²) < 4.78 is 0. The third-order valence-electron chi connectivity index (χ3n) is 1.95. The van der Waals surface area contributed by atoms with Crippen molar-refractivity contribution in [3.63, 3.8) is 0 Å². The molecule has 0 aromatic heterocycles. The maximum Gasteiger partial charge on any atom is 0.00382 e. The van der Waals surface area contributed by atoms with Gasteiger partial charge in [0.15, 0.2) is 0 Å². The fourth-order valence-corrected chi connectivity index (χ4v) is 0.888. The molecule has 0 spiro atoms. The Labute approximate surface area is 72.6 Å². The lowest BCUT2D eigenvalue weighted by Gasteiger charge is -2.14. The van der Waals surface area contributed by atoms with Crippen molar-refractivity contribution in [2.75, 3.05) is 7.05 Å². The highest BCUT2D eigenvalue weighted by Gasteiger charge is 2.02. The van der Waals surface area contributed by atoms with Crippen LogP contribution in [0.4, 0.5) is 0 Å². The van der Waals surface area contributed by atoms with E-state index >= 15 is 0 Å². The van der Waals surface area contributed by atoms with Crippen molar-refractivity contribution in [2.45, 2.75) is 53.5 Å². The second-order valence-electron chi connectivity index (χ2n) is 2.94. The summed E-state index contributed by atoms with van der Waals surface area (Å²) in [4.78, 5) is 0. The van der Waals surface area contributed by atoms with Crippen LogP contribution in [0.25, 0.3) is 0 Å². The monoisotopic (exact) mass is 159 g/mol. The van der Waals surface area contributed by atoms with Crippen molar-refractivity contribution in [3.8, 4) is 0 Å². The summed E-state index contributed by atoms with van der Waals surface area (Å²) in [5.74, 6) is 0.868. The van der Waals surface area contributed by atoms with Gasteiger partial charge >= 0.3 is 0 Å². The second kappa shape index (κ2) is 9.96. The molecule has 0 aliphatic carbocycles. The van der Waals surface area contributed by atoms with Crippen LogP contribution in [-0.4, -0.2) is 13.1 Å². The first kappa shape index (κ1) is 13.5. The van der Waals surface area contributed by atoms with Crippen LogP contribution in [-0.2, 0) is 0 Å². The molecule has 0 bridgehead atoms. The van der Waals surface area contributed by atoms with Gasteiger partial charge in [0, 0.05) is 6.04 Å². The summed E-state index contributed by atoms with van der Waals surface area (Å²) in [6.07, 6.45) is 2.60. The third-order valence-corrected chi connectivity index (χ3v) is 1.95.